The Morgan fingerprint density at radius 2 is 2.25 bits per heavy atom. The van der Waals surface area contributed by atoms with Gasteiger partial charge in [-0.15, -0.1) is 0 Å². The summed E-state index contributed by atoms with van der Waals surface area (Å²) in [6.07, 6.45) is 3.57. The lowest BCUT2D eigenvalue weighted by atomic mass is 10.3. The monoisotopic (exact) mass is 111 g/mol. The molecule has 1 aliphatic rings. The summed E-state index contributed by atoms with van der Waals surface area (Å²) in [5.41, 5.74) is 11.5. The maximum Gasteiger partial charge on any atom is 0.0983 e. The molecule has 44 valence electrons. The summed E-state index contributed by atoms with van der Waals surface area (Å²) < 4.78 is 0. The first-order valence-electron chi connectivity index (χ1n) is 2.46. The Kier molecular flexibility index (Phi) is 1.12. The molecule has 5 N–H and O–H groups in total. The van der Waals surface area contributed by atoms with Crippen LogP contribution >= 0.6 is 0 Å². The van der Waals surface area contributed by atoms with Crippen LogP contribution in [-0.2, 0) is 0 Å². The summed E-state index contributed by atoms with van der Waals surface area (Å²) in [7, 11) is 0. The lowest BCUT2D eigenvalue weighted by Gasteiger charge is -2.08. The first-order valence-corrected chi connectivity index (χ1v) is 2.46. The lowest BCUT2D eigenvalue weighted by Crippen LogP contribution is -2.24. The van der Waals surface area contributed by atoms with Gasteiger partial charge in [0, 0.05) is 18.3 Å². The highest BCUT2D eigenvalue weighted by molar-refractivity contribution is 5.22. The molecule has 0 aromatic rings. The van der Waals surface area contributed by atoms with Gasteiger partial charge in [-0.3, -0.25) is 0 Å². The topological polar surface area (TPSA) is 64.1 Å². The van der Waals surface area contributed by atoms with Gasteiger partial charge >= 0.3 is 0 Å². The molecule has 0 spiro atoms. The van der Waals surface area contributed by atoms with Crippen LogP contribution < -0.4 is 16.8 Å². The standard InChI is InChI=1S/C5H9N3/c6-4-1-2-8-5(7)3-4/h1,3,8H,2,6-7H2. The quantitative estimate of drug-likeness (QED) is 0.384. The number of dihydropyridines is 1. The molecule has 3 nitrogen and oxygen atoms in total. The van der Waals surface area contributed by atoms with E-state index in [2.05, 4.69) is 5.32 Å². The third-order valence-electron chi connectivity index (χ3n) is 0.966. The highest BCUT2D eigenvalue weighted by Crippen LogP contribution is 1.92. The minimum absolute atomic E-state index is 0.644. The van der Waals surface area contributed by atoms with Crippen molar-refractivity contribution >= 4 is 0 Å². The van der Waals surface area contributed by atoms with Crippen LogP contribution in [0.4, 0.5) is 0 Å². The Balaban J connectivity index is 2.69. The van der Waals surface area contributed by atoms with Gasteiger partial charge in [0.1, 0.15) is 0 Å². The molecule has 1 rings (SSSR count). The van der Waals surface area contributed by atoms with Crippen molar-refractivity contribution in [1.29, 1.82) is 0 Å². The Morgan fingerprint density at radius 3 is 2.62 bits per heavy atom. The van der Waals surface area contributed by atoms with E-state index >= 15 is 0 Å². The first-order chi connectivity index (χ1) is 3.79. The molecule has 0 aliphatic carbocycles. The molecule has 0 saturated carbocycles. The van der Waals surface area contributed by atoms with Gasteiger partial charge in [-0.2, -0.15) is 0 Å². The van der Waals surface area contributed by atoms with Gasteiger partial charge in [-0.25, -0.2) is 0 Å². The van der Waals surface area contributed by atoms with Gasteiger partial charge in [-0.1, -0.05) is 0 Å². The van der Waals surface area contributed by atoms with Crippen LogP contribution in [0, 0.1) is 0 Å². The zero-order valence-corrected chi connectivity index (χ0v) is 4.52. The van der Waals surface area contributed by atoms with Crippen LogP contribution in [0.3, 0.4) is 0 Å². The zero-order valence-electron chi connectivity index (χ0n) is 4.52. The predicted molar refractivity (Wildman–Crippen MR) is 32.5 cm³/mol. The molecule has 0 unspecified atom stereocenters. The van der Waals surface area contributed by atoms with Crippen molar-refractivity contribution in [3.05, 3.63) is 23.7 Å². The van der Waals surface area contributed by atoms with E-state index in [1.54, 1.807) is 6.08 Å². The largest absolute Gasteiger partial charge is 0.399 e. The highest BCUT2D eigenvalue weighted by atomic mass is 15.0. The molecular formula is C5H9N3. The van der Waals surface area contributed by atoms with Gasteiger partial charge < -0.3 is 16.8 Å². The van der Waals surface area contributed by atoms with Crippen molar-refractivity contribution in [2.45, 2.75) is 0 Å². The molecule has 0 atom stereocenters. The predicted octanol–water partition coefficient (Wildman–Crippen LogP) is -0.768. The fraction of sp³-hybridized carbons (Fsp3) is 0.200. The van der Waals surface area contributed by atoms with Gasteiger partial charge in [0.25, 0.3) is 0 Å². The second-order valence-electron chi connectivity index (χ2n) is 1.68. The number of rotatable bonds is 0. The summed E-state index contributed by atoms with van der Waals surface area (Å²) in [4.78, 5) is 0. The van der Waals surface area contributed by atoms with E-state index in [9.17, 15) is 0 Å². The maximum absolute atomic E-state index is 5.39. The van der Waals surface area contributed by atoms with Gasteiger partial charge in [0.2, 0.25) is 0 Å². The molecule has 1 aliphatic heterocycles. The van der Waals surface area contributed by atoms with E-state index in [0.717, 1.165) is 12.2 Å². The second-order valence-corrected chi connectivity index (χ2v) is 1.68. The molecule has 0 aromatic carbocycles. The molecule has 0 saturated heterocycles. The van der Waals surface area contributed by atoms with Crippen molar-refractivity contribution in [2.75, 3.05) is 6.54 Å². The van der Waals surface area contributed by atoms with Gasteiger partial charge in [-0.05, 0) is 6.08 Å². The summed E-state index contributed by atoms with van der Waals surface area (Å²) in [5.74, 6) is 0.644. The van der Waals surface area contributed by atoms with Crippen LogP contribution in [0.5, 0.6) is 0 Å². The molecule has 0 amide bonds. The zero-order chi connectivity index (χ0) is 5.98. The SMILES string of the molecule is NC1=CCNC(N)=C1. The van der Waals surface area contributed by atoms with Crippen LogP contribution in [-0.4, -0.2) is 6.54 Å². The summed E-state index contributed by atoms with van der Waals surface area (Å²) >= 11 is 0. The fourth-order valence-corrected chi connectivity index (χ4v) is 0.576. The minimum atomic E-state index is 0.644. The van der Waals surface area contributed by atoms with E-state index in [4.69, 9.17) is 11.5 Å². The Labute approximate surface area is 48.0 Å². The average Bonchev–Trinajstić information content (AvgIpc) is 1.64. The number of hydrogen-bond donors (Lipinski definition) is 3. The average molecular weight is 111 g/mol. The van der Waals surface area contributed by atoms with E-state index in [-0.39, 0.29) is 0 Å². The van der Waals surface area contributed by atoms with E-state index in [1.807, 2.05) is 6.08 Å². The van der Waals surface area contributed by atoms with Crippen molar-refractivity contribution in [1.82, 2.24) is 5.32 Å². The van der Waals surface area contributed by atoms with Crippen molar-refractivity contribution in [3.8, 4) is 0 Å². The Bertz CT molecular complexity index is 146. The summed E-state index contributed by atoms with van der Waals surface area (Å²) in [6.45, 7) is 0.744. The molecule has 8 heavy (non-hydrogen) atoms. The summed E-state index contributed by atoms with van der Waals surface area (Å²) in [5, 5.41) is 2.89. The molecule has 0 radical (unpaired) electrons. The van der Waals surface area contributed by atoms with Crippen LogP contribution in [0.1, 0.15) is 0 Å². The first kappa shape index (κ1) is 5.03. The van der Waals surface area contributed by atoms with Crippen LogP contribution in [0.2, 0.25) is 0 Å². The maximum atomic E-state index is 5.39. The van der Waals surface area contributed by atoms with Crippen molar-refractivity contribution in [2.24, 2.45) is 11.5 Å². The van der Waals surface area contributed by atoms with Crippen LogP contribution in [0.15, 0.2) is 23.7 Å². The Hall–Kier alpha value is -1.12. The number of hydrogen-bond acceptors (Lipinski definition) is 3. The Morgan fingerprint density at radius 1 is 1.50 bits per heavy atom. The molecule has 1 heterocycles. The van der Waals surface area contributed by atoms with E-state index < -0.39 is 0 Å². The minimum Gasteiger partial charge on any atom is -0.399 e. The fourth-order valence-electron chi connectivity index (χ4n) is 0.576. The number of allylic oxidation sites excluding steroid dienone is 1. The smallest absolute Gasteiger partial charge is 0.0983 e. The third-order valence-corrected chi connectivity index (χ3v) is 0.966. The van der Waals surface area contributed by atoms with Gasteiger partial charge in [0.15, 0.2) is 0 Å². The normalized spacial score (nSPS) is 18.5. The van der Waals surface area contributed by atoms with E-state index in [1.165, 1.54) is 0 Å². The molecular weight excluding hydrogens is 102 g/mol. The van der Waals surface area contributed by atoms with Crippen LogP contribution in [0.25, 0.3) is 0 Å². The molecule has 3 heteroatoms. The summed E-state index contributed by atoms with van der Waals surface area (Å²) in [6, 6.07) is 0. The lowest BCUT2D eigenvalue weighted by molar-refractivity contribution is 0.861. The molecule has 0 bridgehead atoms. The number of nitrogens with two attached hydrogens (primary N) is 2. The third kappa shape index (κ3) is 0.932. The van der Waals surface area contributed by atoms with E-state index in [0.29, 0.717) is 5.82 Å². The molecule has 0 aromatic heterocycles. The molecule has 0 fully saturated rings. The van der Waals surface area contributed by atoms with Crippen molar-refractivity contribution in [3.63, 3.8) is 0 Å². The highest BCUT2D eigenvalue weighted by Gasteiger charge is 1.93. The second kappa shape index (κ2) is 1.78. The van der Waals surface area contributed by atoms with Gasteiger partial charge in [0.05, 0.1) is 5.82 Å². The number of nitrogens with one attached hydrogen (secondary N) is 1. The van der Waals surface area contributed by atoms with Crippen molar-refractivity contribution < 1.29 is 0 Å².